The first-order valence-corrected chi connectivity index (χ1v) is 11.5. The molecule has 0 aliphatic heterocycles. The van der Waals surface area contributed by atoms with Crippen LogP contribution >= 0.6 is 0 Å². The first kappa shape index (κ1) is 29.3. The van der Waals surface area contributed by atoms with E-state index >= 15 is 0 Å². The number of ether oxygens (including phenoxy) is 1. The van der Waals surface area contributed by atoms with Crippen LogP contribution in [0.5, 0.6) is 5.75 Å². The molecule has 10 heteroatoms. The number of nitrogens with zero attached hydrogens (tertiary/aromatic N) is 1. The summed E-state index contributed by atoms with van der Waals surface area (Å²) >= 11 is 0. The van der Waals surface area contributed by atoms with Crippen LogP contribution in [-0.4, -0.2) is 52.0 Å². The molecule has 0 aliphatic rings. The number of phenols is 1. The number of benzene rings is 1. The fourth-order valence-electron chi connectivity index (χ4n) is 3.27. The predicted octanol–water partition coefficient (Wildman–Crippen LogP) is 2.24. The standard InChI is InChI=1S/C25H36N4O6/c1-7-9-10-14-27-22(32)20(17-13-11-12-16(3)21(17)31)29(8-2)23(33)18(15-19(26)30)28-24(34)35-25(4,5)6/h2,11-13,18,20,31H,7,9-10,14-15H2,1,3-6H3,(H2,26,30)(H,27,32)(H,28,34). The van der Waals surface area contributed by atoms with E-state index in [0.717, 1.165) is 17.7 Å². The zero-order chi connectivity index (χ0) is 26.8. The minimum Gasteiger partial charge on any atom is -0.507 e. The highest BCUT2D eigenvalue weighted by Crippen LogP contribution is 2.32. The average Bonchev–Trinajstić information content (AvgIpc) is 2.74. The molecule has 35 heavy (non-hydrogen) atoms. The lowest BCUT2D eigenvalue weighted by atomic mass is 9.99. The van der Waals surface area contributed by atoms with Gasteiger partial charge in [0.25, 0.3) is 5.91 Å². The van der Waals surface area contributed by atoms with Crippen LogP contribution in [0.3, 0.4) is 0 Å². The lowest BCUT2D eigenvalue weighted by molar-refractivity contribution is -0.139. The molecule has 0 saturated heterocycles. The van der Waals surface area contributed by atoms with Gasteiger partial charge in [0.05, 0.1) is 6.42 Å². The molecule has 192 valence electrons. The number of rotatable bonds is 11. The Morgan fingerprint density at radius 2 is 1.89 bits per heavy atom. The van der Waals surface area contributed by atoms with Crippen molar-refractivity contribution < 1.29 is 29.0 Å². The summed E-state index contributed by atoms with van der Waals surface area (Å²) in [5.74, 6) is -2.65. The monoisotopic (exact) mass is 488 g/mol. The van der Waals surface area contributed by atoms with Crippen LogP contribution < -0.4 is 16.4 Å². The van der Waals surface area contributed by atoms with E-state index in [1.807, 2.05) is 6.92 Å². The van der Waals surface area contributed by atoms with Gasteiger partial charge in [0.15, 0.2) is 6.04 Å². The van der Waals surface area contributed by atoms with E-state index < -0.39 is 47.9 Å². The smallest absolute Gasteiger partial charge is 0.408 e. The number of nitrogens with two attached hydrogens (primary N) is 1. The first-order valence-electron chi connectivity index (χ1n) is 11.5. The van der Waals surface area contributed by atoms with Crippen molar-refractivity contribution in [1.29, 1.82) is 0 Å². The van der Waals surface area contributed by atoms with Crippen LogP contribution in [0, 0.1) is 19.4 Å². The quantitative estimate of drug-likeness (QED) is 0.213. The van der Waals surface area contributed by atoms with Crippen molar-refractivity contribution in [1.82, 2.24) is 15.5 Å². The summed E-state index contributed by atoms with van der Waals surface area (Å²) < 4.78 is 5.17. The molecular formula is C25H36N4O6. The maximum absolute atomic E-state index is 13.4. The Kier molecular flexibility index (Phi) is 11.1. The molecule has 1 rings (SSSR count). The second kappa shape index (κ2) is 13.2. The van der Waals surface area contributed by atoms with E-state index in [2.05, 4.69) is 16.7 Å². The van der Waals surface area contributed by atoms with Crippen molar-refractivity contribution in [3.63, 3.8) is 0 Å². The van der Waals surface area contributed by atoms with Crippen molar-refractivity contribution in [2.24, 2.45) is 5.73 Å². The van der Waals surface area contributed by atoms with Crippen molar-refractivity contribution in [3.05, 3.63) is 29.3 Å². The Morgan fingerprint density at radius 1 is 1.23 bits per heavy atom. The summed E-state index contributed by atoms with van der Waals surface area (Å²) in [7, 11) is 0. The van der Waals surface area contributed by atoms with Crippen LogP contribution in [0.15, 0.2) is 18.2 Å². The number of alkyl carbamates (subject to hydrolysis) is 1. The molecule has 0 radical (unpaired) electrons. The van der Waals surface area contributed by atoms with Crippen LogP contribution in [0.1, 0.15) is 70.5 Å². The van der Waals surface area contributed by atoms with Gasteiger partial charge >= 0.3 is 6.09 Å². The summed E-state index contributed by atoms with van der Waals surface area (Å²) in [6, 6.07) is 3.97. The van der Waals surface area contributed by atoms with Gasteiger partial charge in [-0.25, -0.2) is 4.79 Å². The van der Waals surface area contributed by atoms with Crippen LogP contribution in [0.2, 0.25) is 0 Å². The third-order valence-electron chi connectivity index (χ3n) is 4.92. The van der Waals surface area contributed by atoms with Crippen molar-refractivity contribution in [2.45, 2.75) is 78.0 Å². The van der Waals surface area contributed by atoms with Crippen LogP contribution in [0.4, 0.5) is 4.79 Å². The molecular weight excluding hydrogens is 452 g/mol. The lowest BCUT2D eigenvalue weighted by Gasteiger charge is -2.30. The number of primary amides is 1. The number of aryl methyl sites for hydroxylation is 1. The molecule has 1 aromatic carbocycles. The summed E-state index contributed by atoms with van der Waals surface area (Å²) in [5.41, 5.74) is 4.98. The number of carbonyl (C=O) groups excluding carboxylic acids is 4. The van der Waals surface area contributed by atoms with Gasteiger partial charge in [0.2, 0.25) is 11.8 Å². The molecule has 0 spiro atoms. The number of hydrogen-bond acceptors (Lipinski definition) is 6. The average molecular weight is 489 g/mol. The van der Waals surface area contributed by atoms with Crippen molar-refractivity contribution >= 4 is 23.8 Å². The zero-order valence-corrected chi connectivity index (χ0v) is 21.0. The molecule has 10 nitrogen and oxygen atoms in total. The first-order chi connectivity index (χ1) is 16.3. The van der Waals surface area contributed by atoms with Gasteiger partial charge in [-0.3, -0.25) is 19.3 Å². The van der Waals surface area contributed by atoms with Gasteiger partial charge in [-0.15, -0.1) is 0 Å². The van der Waals surface area contributed by atoms with Gasteiger partial charge in [-0.2, -0.15) is 0 Å². The van der Waals surface area contributed by atoms with E-state index in [9.17, 15) is 24.3 Å². The number of nitrogens with one attached hydrogen (secondary N) is 2. The highest BCUT2D eigenvalue weighted by molar-refractivity contribution is 5.95. The molecule has 2 unspecified atom stereocenters. The fraction of sp³-hybridized carbons (Fsp3) is 0.520. The summed E-state index contributed by atoms with van der Waals surface area (Å²) in [6.45, 7) is 8.88. The van der Waals surface area contributed by atoms with E-state index in [-0.39, 0.29) is 11.3 Å². The molecule has 0 saturated carbocycles. The van der Waals surface area contributed by atoms with Crippen LogP contribution in [0.25, 0.3) is 0 Å². The van der Waals surface area contributed by atoms with E-state index in [1.54, 1.807) is 39.8 Å². The van der Waals surface area contributed by atoms with E-state index in [4.69, 9.17) is 16.9 Å². The van der Waals surface area contributed by atoms with Gasteiger partial charge in [0.1, 0.15) is 17.4 Å². The minimum absolute atomic E-state index is 0.0967. The van der Waals surface area contributed by atoms with Crippen molar-refractivity contribution in [3.8, 4) is 18.2 Å². The molecule has 0 aromatic heterocycles. The molecule has 0 aliphatic carbocycles. The third-order valence-corrected chi connectivity index (χ3v) is 4.92. The molecule has 1 aromatic rings. The normalized spacial score (nSPS) is 12.6. The number of para-hydroxylation sites is 1. The molecule has 2 atom stereocenters. The van der Waals surface area contributed by atoms with E-state index in [1.165, 1.54) is 6.07 Å². The molecule has 4 amide bonds. The number of carbonyl (C=O) groups is 4. The number of phenolic OH excluding ortho intramolecular Hbond substituents is 1. The largest absolute Gasteiger partial charge is 0.507 e. The number of hydrogen-bond donors (Lipinski definition) is 4. The Labute approximate surface area is 206 Å². The molecule has 5 N–H and O–H groups in total. The topological polar surface area (TPSA) is 151 Å². The third kappa shape index (κ3) is 9.20. The molecule has 0 bridgehead atoms. The molecule has 0 fully saturated rings. The number of aromatic hydroxyl groups is 1. The minimum atomic E-state index is -1.50. The summed E-state index contributed by atoms with van der Waals surface area (Å²) in [5, 5.41) is 15.7. The summed E-state index contributed by atoms with van der Waals surface area (Å²) in [6.07, 6.45) is 6.64. The van der Waals surface area contributed by atoms with Gasteiger partial charge in [-0.1, -0.05) is 44.4 Å². The second-order valence-corrected chi connectivity index (χ2v) is 9.12. The highest BCUT2D eigenvalue weighted by atomic mass is 16.6. The predicted molar refractivity (Wildman–Crippen MR) is 131 cm³/mol. The number of amides is 4. The number of terminal acetylenes is 1. The maximum atomic E-state index is 13.4. The SMILES string of the molecule is C#CN(C(=O)C(CC(N)=O)NC(=O)OC(C)(C)C)C(C(=O)NCCCCC)c1cccc(C)c1O. The summed E-state index contributed by atoms with van der Waals surface area (Å²) in [4.78, 5) is 51.4. The zero-order valence-electron chi connectivity index (χ0n) is 21.0. The van der Waals surface area contributed by atoms with Gasteiger partial charge in [-0.05, 0) is 39.7 Å². The second-order valence-electron chi connectivity index (χ2n) is 9.12. The highest BCUT2D eigenvalue weighted by Gasteiger charge is 2.37. The Hall–Kier alpha value is -3.74. The Bertz CT molecular complexity index is 964. The fourth-order valence-corrected chi connectivity index (χ4v) is 3.27. The number of unbranched alkanes of at least 4 members (excludes halogenated alkanes) is 2. The van der Waals surface area contributed by atoms with E-state index in [0.29, 0.717) is 18.5 Å². The van der Waals surface area contributed by atoms with Gasteiger partial charge in [0, 0.05) is 18.2 Å². The van der Waals surface area contributed by atoms with Crippen LogP contribution in [-0.2, 0) is 19.1 Å². The molecule has 0 heterocycles. The van der Waals surface area contributed by atoms with Gasteiger partial charge < -0.3 is 26.2 Å². The lowest BCUT2D eigenvalue weighted by Crippen LogP contribution is -2.52. The Balaban J connectivity index is 3.39. The Morgan fingerprint density at radius 3 is 2.43 bits per heavy atom. The van der Waals surface area contributed by atoms with Crippen molar-refractivity contribution in [2.75, 3.05) is 6.54 Å². The maximum Gasteiger partial charge on any atom is 0.408 e.